The molecule has 0 spiro atoms. The van der Waals surface area contributed by atoms with Gasteiger partial charge in [-0.05, 0) is 55.4 Å². The first-order valence-corrected chi connectivity index (χ1v) is 12.4. The Kier molecular flexibility index (Phi) is 7.43. The number of amides is 2. The summed E-state index contributed by atoms with van der Waals surface area (Å²) in [4.78, 5) is 36.6. The minimum atomic E-state index is -0.854. The normalized spacial score (nSPS) is 19.4. The molecule has 4 rings (SSSR count). The van der Waals surface area contributed by atoms with E-state index in [-0.39, 0.29) is 30.9 Å². The number of benzene rings is 2. The molecule has 2 amide bonds. The predicted octanol–water partition coefficient (Wildman–Crippen LogP) is 4.84. The number of carboxylic acids is 1. The summed E-state index contributed by atoms with van der Waals surface area (Å²) in [6, 6.07) is 16.0. The molecule has 2 aliphatic carbocycles. The fourth-order valence-electron chi connectivity index (χ4n) is 5.28. The molecule has 2 aliphatic rings. The topological polar surface area (TPSA) is 105 Å². The number of hydrogen-bond donors (Lipinski definition) is 3. The minimum absolute atomic E-state index is 0.0142. The molecule has 7 heteroatoms. The Bertz CT molecular complexity index is 1050. The van der Waals surface area contributed by atoms with E-state index >= 15 is 0 Å². The van der Waals surface area contributed by atoms with Gasteiger partial charge in [0.05, 0.1) is 5.92 Å². The first-order chi connectivity index (χ1) is 16.7. The van der Waals surface area contributed by atoms with Crippen LogP contribution in [0.1, 0.15) is 69.4 Å². The second-order valence-corrected chi connectivity index (χ2v) is 10.2. The smallest absolute Gasteiger partial charge is 0.407 e. The van der Waals surface area contributed by atoms with E-state index in [1.165, 1.54) is 11.1 Å². The van der Waals surface area contributed by atoms with Gasteiger partial charge < -0.3 is 20.5 Å². The molecule has 0 saturated heterocycles. The number of carbonyl (C=O) groups excluding carboxylic acids is 2. The molecule has 1 fully saturated rings. The SMILES string of the molecule is CC(C)(CCC(=O)N[C@H]1CCCC[C@H]1C(=O)O)NC(=O)OCC1c2ccccc2-c2ccccc21. The molecule has 7 nitrogen and oxygen atoms in total. The molecular formula is C28H34N2O5. The Morgan fingerprint density at radius 1 is 0.971 bits per heavy atom. The number of ether oxygens (including phenoxy) is 1. The highest BCUT2D eigenvalue weighted by molar-refractivity contribution is 5.79. The molecule has 0 heterocycles. The van der Waals surface area contributed by atoms with Gasteiger partial charge in [0.1, 0.15) is 6.61 Å². The molecule has 0 radical (unpaired) electrons. The van der Waals surface area contributed by atoms with Gasteiger partial charge in [-0.1, -0.05) is 61.4 Å². The lowest BCUT2D eigenvalue weighted by molar-refractivity contribution is -0.144. The summed E-state index contributed by atoms with van der Waals surface area (Å²) < 4.78 is 5.63. The van der Waals surface area contributed by atoms with Crippen LogP contribution in [0.3, 0.4) is 0 Å². The van der Waals surface area contributed by atoms with Gasteiger partial charge in [0.15, 0.2) is 0 Å². The quantitative estimate of drug-likeness (QED) is 0.503. The second-order valence-electron chi connectivity index (χ2n) is 10.2. The van der Waals surface area contributed by atoms with Gasteiger partial charge in [0.2, 0.25) is 5.91 Å². The lowest BCUT2D eigenvalue weighted by atomic mass is 9.84. The highest BCUT2D eigenvalue weighted by Gasteiger charge is 2.33. The van der Waals surface area contributed by atoms with Gasteiger partial charge in [0, 0.05) is 23.9 Å². The molecule has 186 valence electrons. The van der Waals surface area contributed by atoms with Crippen LogP contribution in [0.25, 0.3) is 11.1 Å². The number of rotatable bonds is 8. The van der Waals surface area contributed by atoms with Crippen molar-refractivity contribution < 1.29 is 24.2 Å². The molecule has 3 N–H and O–H groups in total. The molecule has 0 bridgehead atoms. The zero-order valence-electron chi connectivity index (χ0n) is 20.4. The Morgan fingerprint density at radius 2 is 1.57 bits per heavy atom. The molecule has 0 aromatic heterocycles. The van der Waals surface area contributed by atoms with Gasteiger partial charge in [0.25, 0.3) is 0 Å². The number of nitrogens with one attached hydrogen (secondary N) is 2. The molecule has 35 heavy (non-hydrogen) atoms. The zero-order chi connectivity index (χ0) is 25.0. The van der Waals surface area contributed by atoms with Crippen LogP contribution in [0.2, 0.25) is 0 Å². The predicted molar refractivity (Wildman–Crippen MR) is 133 cm³/mol. The van der Waals surface area contributed by atoms with Crippen molar-refractivity contribution in [3.8, 4) is 11.1 Å². The van der Waals surface area contributed by atoms with Crippen molar-refractivity contribution in [2.24, 2.45) is 5.92 Å². The van der Waals surface area contributed by atoms with E-state index in [9.17, 15) is 19.5 Å². The van der Waals surface area contributed by atoms with E-state index in [0.717, 1.165) is 24.0 Å². The number of alkyl carbamates (subject to hydrolysis) is 1. The highest BCUT2D eigenvalue weighted by atomic mass is 16.5. The van der Waals surface area contributed by atoms with Crippen LogP contribution in [0.5, 0.6) is 0 Å². The molecule has 2 aromatic carbocycles. The maximum atomic E-state index is 12.6. The Morgan fingerprint density at radius 3 is 2.20 bits per heavy atom. The molecule has 0 aliphatic heterocycles. The average molecular weight is 479 g/mol. The van der Waals surface area contributed by atoms with E-state index in [4.69, 9.17) is 4.74 Å². The number of hydrogen-bond acceptors (Lipinski definition) is 4. The Balaban J connectivity index is 1.27. The van der Waals surface area contributed by atoms with Crippen molar-refractivity contribution in [3.05, 3.63) is 59.7 Å². The van der Waals surface area contributed by atoms with Gasteiger partial charge in [-0.25, -0.2) is 4.79 Å². The summed E-state index contributed by atoms with van der Waals surface area (Å²) in [7, 11) is 0. The summed E-state index contributed by atoms with van der Waals surface area (Å²) in [5, 5.41) is 15.2. The number of fused-ring (bicyclic) bond motifs is 3. The molecule has 1 saturated carbocycles. The Labute approximate surface area is 206 Å². The number of aliphatic carboxylic acids is 1. The number of carboxylic acid groups (broad SMARTS) is 1. The summed E-state index contributed by atoms with van der Waals surface area (Å²) in [5.41, 5.74) is 4.00. The van der Waals surface area contributed by atoms with Gasteiger partial charge in [-0.2, -0.15) is 0 Å². The van der Waals surface area contributed by atoms with Crippen molar-refractivity contribution in [1.82, 2.24) is 10.6 Å². The molecule has 2 aromatic rings. The van der Waals surface area contributed by atoms with E-state index in [1.807, 2.05) is 38.1 Å². The van der Waals surface area contributed by atoms with Crippen molar-refractivity contribution in [1.29, 1.82) is 0 Å². The van der Waals surface area contributed by atoms with E-state index in [2.05, 4.69) is 34.9 Å². The summed E-state index contributed by atoms with van der Waals surface area (Å²) in [6.45, 7) is 3.93. The van der Waals surface area contributed by atoms with Crippen molar-refractivity contribution in [3.63, 3.8) is 0 Å². The maximum absolute atomic E-state index is 12.6. The largest absolute Gasteiger partial charge is 0.481 e. The van der Waals surface area contributed by atoms with Gasteiger partial charge in [-0.15, -0.1) is 0 Å². The standard InChI is InChI=1S/C28H34N2O5/c1-28(2,16-15-25(31)29-24-14-8-7-13-22(24)26(32)33)30-27(34)35-17-23-20-11-5-3-9-18(20)19-10-4-6-12-21(19)23/h3-6,9-12,22-24H,7-8,13-17H2,1-2H3,(H,29,31)(H,30,34)(H,32,33)/t22-,24+/m1/s1. The maximum Gasteiger partial charge on any atom is 0.407 e. The van der Waals surface area contributed by atoms with Crippen molar-refractivity contribution in [2.45, 2.75) is 69.9 Å². The zero-order valence-corrected chi connectivity index (χ0v) is 20.4. The number of carbonyl (C=O) groups is 3. The van der Waals surface area contributed by atoms with Gasteiger partial charge >= 0.3 is 12.1 Å². The van der Waals surface area contributed by atoms with Crippen LogP contribution >= 0.6 is 0 Å². The van der Waals surface area contributed by atoms with Crippen LogP contribution in [-0.4, -0.2) is 41.3 Å². The third-order valence-corrected chi connectivity index (χ3v) is 7.19. The van der Waals surface area contributed by atoms with Crippen LogP contribution in [0.4, 0.5) is 4.79 Å². The fraction of sp³-hybridized carbons (Fsp3) is 0.464. The summed E-state index contributed by atoms with van der Waals surface area (Å²) in [6.07, 6.45) is 3.16. The lowest BCUT2D eigenvalue weighted by Crippen LogP contribution is -2.47. The summed E-state index contributed by atoms with van der Waals surface area (Å²) in [5.74, 6) is -1.59. The minimum Gasteiger partial charge on any atom is -0.481 e. The van der Waals surface area contributed by atoms with Gasteiger partial charge in [-0.3, -0.25) is 9.59 Å². The van der Waals surface area contributed by atoms with Crippen LogP contribution in [0.15, 0.2) is 48.5 Å². The van der Waals surface area contributed by atoms with E-state index in [0.29, 0.717) is 19.3 Å². The van der Waals surface area contributed by atoms with E-state index in [1.54, 1.807) is 0 Å². The monoisotopic (exact) mass is 478 g/mol. The van der Waals surface area contributed by atoms with Crippen LogP contribution in [-0.2, 0) is 14.3 Å². The highest BCUT2D eigenvalue weighted by Crippen LogP contribution is 2.44. The molecule has 2 atom stereocenters. The van der Waals surface area contributed by atoms with Crippen molar-refractivity contribution >= 4 is 18.0 Å². The fourth-order valence-corrected chi connectivity index (χ4v) is 5.28. The second kappa shape index (κ2) is 10.5. The first kappa shape index (κ1) is 24.8. The molecule has 0 unspecified atom stereocenters. The van der Waals surface area contributed by atoms with Crippen molar-refractivity contribution in [2.75, 3.05) is 6.61 Å². The lowest BCUT2D eigenvalue weighted by Gasteiger charge is -2.30. The Hall–Kier alpha value is -3.35. The van der Waals surface area contributed by atoms with Crippen LogP contribution in [0, 0.1) is 5.92 Å². The summed E-state index contributed by atoms with van der Waals surface area (Å²) >= 11 is 0. The third-order valence-electron chi connectivity index (χ3n) is 7.19. The third kappa shape index (κ3) is 5.84. The van der Waals surface area contributed by atoms with E-state index < -0.39 is 23.5 Å². The average Bonchev–Trinajstić information content (AvgIpc) is 3.15. The van der Waals surface area contributed by atoms with Crippen LogP contribution < -0.4 is 10.6 Å². The first-order valence-electron chi connectivity index (χ1n) is 12.4. The molecular weight excluding hydrogens is 444 g/mol.